The molecular weight excluding hydrogens is 414 g/mol. The van der Waals surface area contributed by atoms with E-state index in [1.165, 1.54) is 4.90 Å². The second-order valence-corrected chi connectivity index (χ2v) is 8.31. The van der Waals surface area contributed by atoms with Crippen molar-refractivity contribution in [2.75, 3.05) is 10.6 Å². The van der Waals surface area contributed by atoms with Crippen LogP contribution in [0.4, 0.5) is 11.4 Å². The molecule has 160 valence electrons. The SMILES string of the molecule is Cc1ccccc1NC(=O)c1ccc(NC2=C(Cl)C(=O)N(C3CCCCC3)C2=O)cc1. The molecule has 0 spiro atoms. The van der Waals surface area contributed by atoms with Crippen LogP contribution in [-0.4, -0.2) is 28.7 Å². The first-order chi connectivity index (χ1) is 15.0. The van der Waals surface area contributed by atoms with Crippen molar-refractivity contribution in [2.24, 2.45) is 0 Å². The Morgan fingerprint density at radius 3 is 2.32 bits per heavy atom. The highest BCUT2D eigenvalue weighted by Crippen LogP contribution is 2.32. The normalized spacial score (nSPS) is 17.3. The Morgan fingerprint density at radius 2 is 1.65 bits per heavy atom. The van der Waals surface area contributed by atoms with E-state index in [1.54, 1.807) is 24.3 Å². The van der Waals surface area contributed by atoms with Gasteiger partial charge in [-0.2, -0.15) is 0 Å². The summed E-state index contributed by atoms with van der Waals surface area (Å²) in [6.45, 7) is 1.93. The third kappa shape index (κ3) is 4.35. The van der Waals surface area contributed by atoms with Gasteiger partial charge >= 0.3 is 0 Å². The van der Waals surface area contributed by atoms with Crippen molar-refractivity contribution in [1.82, 2.24) is 4.90 Å². The van der Waals surface area contributed by atoms with E-state index < -0.39 is 5.91 Å². The van der Waals surface area contributed by atoms with Gasteiger partial charge in [0.05, 0.1) is 0 Å². The second kappa shape index (κ2) is 8.94. The summed E-state index contributed by atoms with van der Waals surface area (Å²) in [4.78, 5) is 39.3. The first kappa shape index (κ1) is 21.1. The molecule has 1 aliphatic carbocycles. The Bertz CT molecular complexity index is 1060. The fraction of sp³-hybridized carbons (Fsp3) is 0.292. The van der Waals surface area contributed by atoms with Crippen molar-refractivity contribution < 1.29 is 14.4 Å². The lowest BCUT2D eigenvalue weighted by atomic mass is 9.94. The molecule has 2 aromatic rings. The number of nitrogens with one attached hydrogen (secondary N) is 2. The number of rotatable bonds is 5. The van der Waals surface area contributed by atoms with Crippen molar-refractivity contribution >= 4 is 40.7 Å². The largest absolute Gasteiger partial charge is 0.350 e. The predicted molar refractivity (Wildman–Crippen MR) is 121 cm³/mol. The van der Waals surface area contributed by atoms with Crippen LogP contribution in [0.15, 0.2) is 59.3 Å². The Morgan fingerprint density at radius 1 is 0.968 bits per heavy atom. The molecule has 1 heterocycles. The van der Waals surface area contributed by atoms with Gasteiger partial charge in [0.25, 0.3) is 17.7 Å². The maximum atomic E-state index is 12.9. The van der Waals surface area contributed by atoms with Crippen LogP contribution in [0.3, 0.4) is 0 Å². The summed E-state index contributed by atoms with van der Waals surface area (Å²) >= 11 is 6.22. The predicted octanol–water partition coefficient (Wildman–Crippen LogP) is 4.81. The summed E-state index contributed by atoms with van der Waals surface area (Å²) < 4.78 is 0. The van der Waals surface area contributed by atoms with Crippen molar-refractivity contribution in [2.45, 2.75) is 45.1 Å². The maximum absolute atomic E-state index is 12.9. The van der Waals surface area contributed by atoms with Gasteiger partial charge < -0.3 is 10.6 Å². The fourth-order valence-corrected chi connectivity index (χ4v) is 4.27. The molecular formula is C24H24ClN3O3. The van der Waals surface area contributed by atoms with Crippen LogP contribution in [0.2, 0.25) is 0 Å². The highest BCUT2D eigenvalue weighted by Gasteiger charge is 2.42. The zero-order valence-electron chi connectivity index (χ0n) is 17.3. The van der Waals surface area contributed by atoms with Crippen molar-refractivity contribution in [3.05, 3.63) is 70.4 Å². The van der Waals surface area contributed by atoms with Crippen LogP contribution < -0.4 is 10.6 Å². The number of aryl methyl sites for hydroxylation is 1. The standard InChI is InChI=1S/C24H24ClN3O3/c1-15-7-5-6-10-19(15)27-22(29)16-11-13-17(14-12-16)26-21-20(25)23(30)28(24(21)31)18-8-3-2-4-9-18/h5-7,10-14,18,26H,2-4,8-9H2,1H3,(H,27,29). The molecule has 1 saturated carbocycles. The number of hydrogen-bond donors (Lipinski definition) is 2. The summed E-state index contributed by atoms with van der Waals surface area (Å²) in [6, 6.07) is 14.1. The molecule has 1 fully saturated rings. The lowest BCUT2D eigenvalue weighted by molar-refractivity contribution is -0.140. The van der Waals surface area contributed by atoms with E-state index in [0.717, 1.165) is 43.4 Å². The number of halogens is 1. The number of carbonyl (C=O) groups is 3. The van der Waals surface area contributed by atoms with Crippen LogP contribution in [-0.2, 0) is 9.59 Å². The molecule has 1 aliphatic heterocycles. The first-order valence-corrected chi connectivity index (χ1v) is 10.8. The highest BCUT2D eigenvalue weighted by molar-refractivity contribution is 6.48. The summed E-state index contributed by atoms with van der Waals surface area (Å²) in [5.41, 5.74) is 2.88. The average molecular weight is 438 g/mol. The molecule has 0 bridgehead atoms. The van der Waals surface area contributed by atoms with Gasteiger partial charge in [-0.15, -0.1) is 0 Å². The quantitative estimate of drug-likeness (QED) is 0.658. The summed E-state index contributed by atoms with van der Waals surface area (Å²) in [5.74, 6) is -1.05. The highest BCUT2D eigenvalue weighted by atomic mass is 35.5. The van der Waals surface area contributed by atoms with Crippen molar-refractivity contribution in [3.8, 4) is 0 Å². The molecule has 2 aromatic carbocycles. The molecule has 2 N–H and O–H groups in total. The minimum Gasteiger partial charge on any atom is -0.350 e. The van der Waals surface area contributed by atoms with Crippen LogP contribution >= 0.6 is 11.6 Å². The van der Waals surface area contributed by atoms with E-state index in [0.29, 0.717) is 11.3 Å². The Hall–Kier alpha value is -3.12. The molecule has 0 radical (unpaired) electrons. The first-order valence-electron chi connectivity index (χ1n) is 10.5. The number of para-hydroxylation sites is 1. The molecule has 6 nitrogen and oxygen atoms in total. The molecule has 2 aliphatic rings. The smallest absolute Gasteiger partial charge is 0.279 e. The zero-order chi connectivity index (χ0) is 22.0. The van der Waals surface area contributed by atoms with Crippen LogP contribution in [0, 0.1) is 6.92 Å². The minimum absolute atomic E-state index is 0.0862. The maximum Gasteiger partial charge on any atom is 0.279 e. The van der Waals surface area contributed by atoms with E-state index in [-0.39, 0.29) is 28.6 Å². The topological polar surface area (TPSA) is 78.5 Å². The average Bonchev–Trinajstić information content (AvgIpc) is 2.99. The molecule has 4 rings (SSSR count). The van der Waals surface area contributed by atoms with Gasteiger partial charge in [-0.1, -0.05) is 49.1 Å². The zero-order valence-corrected chi connectivity index (χ0v) is 18.0. The van der Waals surface area contributed by atoms with Crippen LogP contribution in [0.25, 0.3) is 0 Å². The van der Waals surface area contributed by atoms with Gasteiger partial charge in [-0.05, 0) is 55.7 Å². The Labute approximate surface area is 186 Å². The summed E-state index contributed by atoms with van der Waals surface area (Å²) in [6.07, 6.45) is 4.78. The van der Waals surface area contributed by atoms with Crippen LogP contribution in [0.5, 0.6) is 0 Å². The third-order valence-electron chi connectivity index (χ3n) is 5.81. The number of carbonyl (C=O) groups excluding carboxylic acids is 3. The Kier molecular flexibility index (Phi) is 6.09. The van der Waals surface area contributed by atoms with Gasteiger partial charge in [0, 0.05) is 23.0 Å². The molecule has 7 heteroatoms. The molecule has 0 unspecified atom stereocenters. The summed E-state index contributed by atoms with van der Waals surface area (Å²) in [7, 11) is 0. The number of anilines is 2. The molecule has 31 heavy (non-hydrogen) atoms. The second-order valence-electron chi connectivity index (χ2n) is 7.93. The van der Waals surface area contributed by atoms with E-state index in [9.17, 15) is 14.4 Å². The van der Waals surface area contributed by atoms with E-state index in [1.807, 2.05) is 31.2 Å². The number of benzene rings is 2. The lowest BCUT2D eigenvalue weighted by Crippen LogP contribution is -2.42. The number of hydrogen-bond acceptors (Lipinski definition) is 4. The molecule has 0 atom stereocenters. The van der Waals surface area contributed by atoms with Gasteiger partial charge in [0.2, 0.25) is 0 Å². The van der Waals surface area contributed by atoms with Gasteiger partial charge in [0.15, 0.2) is 0 Å². The van der Waals surface area contributed by atoms with Crippen molar-refractivity contribution in [3.63, 3.8) is 0 Å². The van der Waals surface area contributed by atoms with E-state index >= 15 is 0 Å². The Balaban J connectivity index is 1.45. The number of imide groups is 1. The molecule has 0 saturated heterocycles. The number of nitrogens with zero attached hydrogens (tertiary/aromatic N) is 1. The fourth-order valence-electron chi connectivity index (χ4n) is 4.06. The molecule has 3 amide bonds. The number of amides is 3. The minimum atomic E-state index is -0.435. The monoisotopic (exact) mass is 437 g/mol. The third-order valence-corrected chi connectivity index (χ3v) is 6.16. The van der Waals surface area contributed by atoms with Gasteiger partial charge in [0.1, 0.15) is 10.7 Å². The van der Waals surface area contributed by atoms with Gasteiger partial charge in [-0.25, -0.2) is 0 Å². The summed E-state index contributed by atoms with van der Waals surface area (Å²) in [5, 5.41) is 5.77. The van der Waals surface area contributed by atoms with E-state index in [4.69, 9.17) is 11.6 Å². The lowest BCUT2D eigenvalue weighted by Gasteiger charge is -2.29. The van der Waals surface area contributed by atoms with Gasteiger partial charge in [-0.3, -0.25) is 19.3 Å². The van der Waals surface area contributed by atoms with E-state index in [2.05, 4.69) is 10.6 Å². The van der Waals surface area contributed by atoms with Crippen LogP contribution in [0.1, 0.15) is 48.0 Å². The molecule has 0 aromatic heterocycles. The van der Waals surface area contributed by atoms with Crippen molar-refractivity contribution in [1.29, 1.82) is 0 Å².